The molecule has 0 aliphatic carbocycles. The van der Waals surface area contributed by atoms with Crippen molar-refractivity contribution >= 4 is 47.4 Å². The maximum Gasteiger partial charge on any atom is 0.220 e. The summed E-state index contributed by atoms with van der Waals surface area (Å²) in [7, 11) is 5.78. The molecule has 0 radical (unpaired) electrons. The van der Waals surface area contributed by atoms with E-state index in [-0.39, 0.29) is 29.9 Å². The zero-order chi connectivity index (χ0) is 21.5. The Hall–Kier alpha value is -1.06. The third-order valence-electron chi connectivity index (χ3n) is 6.60. The van der Waals surface area contributed by atoms with E-state index in [9.17, 15) is 4.79 Å². The van der Waals surface area contributed by atoms with Gasteiger partial charge in [0, 0.05) is 51.2 Å². The topological polar surface area (TPSA) is 60.0 Å². The molecule has 2 aliphatic heterocycles. The molecular formula is C23H37ClIN5O. The second-order valence-electron chi connectivity index (χ2n) is 8.62. The molecule has 1 aromatic carbocycles. The SMILES string of the molecule is CN=C(NCC1CCCN(C)C1c1cccc(Cl)c1)N1CCC(CC(=O)NC)CC1.I. The van der Waals surface area contributed by atoms with Crippen LogP contribution >= 0.6 is 35.6 Å². The first-order valence-corrected chi connectivity index (χ1v) is 11.5. The van der Waals surface area contributed by atoms with Crippen molar-refractivity contribution in [1.29, 1.82) is 0 Å². The fraction of sp³-hybridized carbons (Fsp3) is 0.652. The van der Waals surface area contributed by atoms with Crippen LogP contribution in [0.5, 0.6) is 0 Å². The van der Waals surface area contributed by atoms with Crippen LogP contribution in [0, 0.1) is 11.8 Å². The molecule has 2 N–H and O–H groups in total. The second-order valence-corrected chi connectivity index (χ2v) is 9.06. The molecule has 1 aromatic rings. The average molecular weight is 562 g/mol. The molecule has 0 aromatic heterocycles. The van der Waals surface area contributed by atoms with Crippen molar-refractivity contribution in [3.05, 3.63) is 34.9 Å². The van der Waals surface area contributed by atoms with Gasteiger partial charge < -0.3 is 15.5 Å². The van der Waals surface area contributed by atoms with Gasteiger partial charge in [0.2, 0.25) is 5.91 Å². The predicted octanol–water partition coefficient (Wildman–Crippen LogP) is 3.76. The van der Waals surface area contributed by atoms with Gasteiger partial charge in [0.05, 0.1) is 0 Å². The molecule has 0 saturated carbocycles. The molecule has 2 atom stereocenters. The fourth-order valence-electron chi connectivity index (χ4n) is 4.96. The molecule has 2 heterocycles. The Morgan fingerprint density at radius 2 is 1.97 bits per heavy atom. The van der Waals surface area contributed by atoms with Crippen molar-refractivity contribution in [1.82, 2.24) is 20.4 Å². The lowest BCUT2D eigenvalue weighted by Gasteiger charge is -2.41. The number of hydrogen-bond donors (Lipinski definition) is 2. The Balaban J connectivity index is 0.00000341. The first-order valence-electron chi connectivity index (χ1n) is 11.1. The van der Waals surface area contributed by atoms with Gasteiger partial charge in [-0.15, -0.1) is 24.0 Å². The van der Waals surface area contributed by atoms with Crippen molar-refractivity contribution < 1.29 is 4.79 Å². The van der Waals surface area contributed by atoms with Crippen molar-refractivity contribution in [3.8, 4) is 0 Å². The quantitative estimate of drug-likeness (QED) is 0.327. The Kier molecular flexibility index (Phi) is 10.9. The van der Waals surface area contributed by atoms with Gasteiger partial charge in [-0.2, -0.15) is 0 Å². The number of halogens is 2. The lowest BCUT2D eigenvalue weighted by atomic mass is 9.85. The summed E-state index contributed by atoms with van der Waals surface area (Å²) in [5.74, 6) is 2.10. The zero-order valence-corrected chi connectivity index (χ0v) is 22.0. The lowest BCUT2D eigenvalue weighted by molar-refractivity contribution is -0.121. The van der Waals surface area contributed by atoms with Gasteiger partial charge in [0.25, 0.3) is 0 Å². The number of amides is 1. The van der Waals surface area contributed by atoms with Crippen LogP contribution in [0.2, 0.25) is 5.02 Å². The molecule has 3 rings (SSSR count). The van der Waals surface area contributed by atoms with Crippen molar-refractivity contribution in [2.24, 2.45) is 16.8 Å². The Morgan fingerprint density at radius 3 is 2.61 bits per heavy atom. The van der Waals surface area contributed by atoms with Crippen molar-refractivity contribution in [2.45, 2.75) is 38.1 Å². The number of hydrogen-bond acceptors (Lipinski definition) is 3. The molecular weight excluding hydrogens is 525 g/mol. The zero-order valence-electron chi connectivity index (χ0n) is 18.9. The van der Waals surface area contributed by atoms with Gasteiger partial charge in [-0.3, -0.25) is 14.7 Å². The van der Waals surface area contributed by atoms with Gasteiger partial charge in [0.15, 0.2) is 5.96 Å². The smallest absolute Gasteiger partial charge is 0.220 e. The van der Waals surface area contributed by atoms with Crippen LogP contribution in [0.15, 0.2) is 29.3 Å². The summed E-state index contributed by atoms with van der Waals surface area (Å²) in [5.41, 5.74) is 1.29. The van der Waals surface area contributed by atoms with E-state index < -0.39 is 0 Å². The number of guanidine groups is 1. The van der Waals surface area contributed by atoms with Crippen LogP contribution < -0.4 is 10.6 Å². The number of aliphatic imine (C=N–C) groups is 1. The van der Waals surface area contributed by atoms with E-state index in [4.69, 9.17) is 11.6 Å². The summed E-state index contributed by atoms with van der Waals surface area (Å²) in [6.07, 6.45) is 5.10. The van der Waals surface area contributed by atoms with E-state index in [0.29, 0.717) is 24.3 Å². The maximum atomic E-state index is 11.7. The summed E-state index contributed by atoms with van der Waals surface area (Å²) in [6, 6.07) is 8.65. The number of carbonyl (C=O) groups excluding carboxylic acids is 1. The summed E-state index contributed by atoms with van der Waals surface area (Å²) in [5, 5.41) is 7.18. The van der Waals surface area contributed by atoms with Crippen molar-refractivity contribution in [3.63, 3.8) is 0 Å². The third-order valence-corrected chi connectivity index (χ3v) is 6.83. The third kappa shape index (κ3) is 7.22. The first kappa shape index (κ1) is 26.2. The van der Waals surface area contributed by atoms with E-state index in [1.807, 2.05) is 19.2 Å². The summed E-state index contributed by atoms with van der Waals surface area (Å²) in [4.78, 5) is 21.0. The molecule has 31 heavy (non-hydrogen) atoms. The number of nitrogens with zero attached hydrogens (tertiary/aromatic N) is 3. The number of carbonyl (C=O) groups is 1. The molecule has 0 bridgehead atoms. The van der Waals surface area contributed by atoms with Crippen LogP contribution in [0.4, 0.5) is 0 Å². The average Bonchev–Trinajstić information content (AvgIpc) is 2.75. The molecule has 6 nitrogen and oxygen atoms in total. The minimum atomic E-state index is 0. The first-order chi connectivity index (χ1) is 14.5. The Morgan fingerprint density at radius 1 is 1.23 bits per heavy atom. The molecule has 2 aliphatic rings. The second kappa shape index (κ2) is 12.8. The molecule has 2 saturated heterocycles. The number of piperidine rings is 2. The molecule has 174 valence electrons. The van der Waals surface area contributed by atoms with Gasteiger partial charge in [-0.1, -0.05) is 23.7 Å². The van der Waals surface area contributed by atoms with E-state index in [0.717, 1.165) is 50.0 Å². The molecule has 8 heteroatoms. The fourth-order valence-corrected chi connectivity index (χ4v) is 5.16. The largest absolute Gasteiger partial charge is 0.359 e. The summed E-state index contributed by atoms with van der Waals surface area (Å²) in [6.45, 7) is 3.90. The minimum Gasteiger partial charge on any atom is -0.359 e. The van der Waals surface area contributed by atoms with Crippen LogP contribution in [-0.2, 0) is 4.79 Å². The van der Waals surface area contributed by atoms with Crippen LogP contribution in [-0.4, -0.2) is 69.0 Å². The highest BCUT2D eigenvalue weighted by Gasteiger charge is 2.31. The number of rotatable bonds is 5. The van der Waals surface area contributed by atoms with Crippen LogP contribution in [0.3, 0.4) is 0 Å². The molecule has 1 amide bonds. The number of benzene rings is 1. The van der Waals surface area contributed by atoms with Crippen LogP contribution in [0.1, 0.15) is 43.7 Å². The van der Waals surface area contributed by atoms with E-state index in [1.54, 1.807) is 7.05 Å². The predicted molar refractivity (Wildman–Crippen MR) is 139 cm³/mol. The van der Waals surface area contributed by atoms with Gasteiger partial charge in [0.1, 0.15) is 0 Å². The Labute approximate surface area is 209 Å². The number of likely N-dealkylation sites (tertiary alicyclic amines) is 2. The van der Waals surface area contributed by atoms with E-state index in [2.05, 4.69) is 44.6 Å². The lowest BCUT2D eigenvalue weighted by Crippen LogP contribution is -2.49. The highest BCUT2D eigenvalue weighted by molar-refractivity contribution is 14.0. The minimum absolute atomic E-state index is 0. The monoisotopic (exact) mass is 561 g/mol. The summed E-state index contributed by atoms with van der Waals surface area (Å²) >= 11 is 6.28. The van der Waals surface area contributed by atoms with Gasteiger partial charge >= 0.3 is 0 Å². The van der Waals surface area contributed by atoms with Gasteiger partial charge in [-0.25, -0.2) is 0 Å². The number of nitrogens with one attached hydrogen (secondary N) is 2. The highest BCUT2D eigenvalue weighted by atomic mass is 127. The molecule has 2 unspecified atom stereocenters. The molecule has 2 fully saturated rings. The molecule has 0 spiro atoms. The van der Waals surface area contributed by atoms with Gasteiger partial charge in [-0.05, 0) is 68.8 Å². The normalized spacial score (nSPS) is 23.2. The highest BCUT2D eigenvalue weighted by Crippen LogP contribution is 2.35. The standard InChI is InChI=1S/C23H36ClN5O.HI/c1-25-21(30)14-17-9-12-29(13-10-17)23(26-2)27-16-19-7-5-11-28(3)22(19)18-6-4-8-20(24)15-18;/h4,6,8,15,17,19,22H,5,7,9-14,16H2,1-3H3,(H,25,30)(H,26,27);1H. The van der Waals surface area contributed by atoms with E-state index in [1.165, 1.54) is 18.4 Å². The maximum absolute atomic E-state index is 11.7. The summed E-state index contributed by atoms with van der Waals surface area (Å²) < 4.78 is 0. The van der Waals surface area contributed by atoms with E-state index >= 15 is 0 Å². The Bertz CT molecular complexity index is 738. The van der Waals surface area contributed by atoms with Crippen molar-refractivity contribution in [2.75, 3.05) is 47.3 Å². The van der Waals surface area contributed by atoms with Crippen LogP contribution in [0.25, 0.3) is 0 Å².